The molecule has 2 aromatic carbocycles. The van der Waals surface area contributed by atoms with Gasteiger partial charge in [0.05, 0.1) is 6.54 Å². The largest absolute Gasteiger partial charge is 0.454 e. The topological polar surface area (TPSA) is 64.2 Å². The van der Waals surface area contributed by atoms with E-state index in [9.17, 15) is 9.59 Å². The molecule has 0 radical (unpaired) electrons. The van der Waals surface area contributed by atoms with Gasteiger partial charge in [0.15, 0.2) is 5.76 Å². The van der Waals surface area contributed by atoms with E-state index in [1.54, 1.807) is 30.5 Å². The number of anilines is 1. The van der Waals surface area contributed by atoms with Crippen molar-refractivity contribution in [2.45, 2.75) is 6.54 Å². The van der Waals surface area contributed by atoms with Crippen LogP contribution in [0.3, 0.4) is 0 Å². The van der Waals surface area contributed by atoms with Crippen molar-refractivity contribution in [2.75, 3.05) is 5.32 Å². The monoisotopic (exact) mass is 344 g/mol. The van der Waals surface area contributed by atoms with E-state index >= 15 is 0 Å². The second kappa shape index (κ2) is 6.72. The van der Waals surface area contributed by atoms with Gasteiger partial charge in [-0.25, -0.2) is 0 Å². The van der Waals surface area contributed by atoms with E-state index in [1.165, 1.54) is 10.6 Å². The molecule has 1 amide bonds. The van der Waals surface area contributed by atoms with Crippen LogP contribution in [0, 0.1) is 0 Å². The molecule has 0 atom stereocenters. The van der Waals surface area contributed by atoms with Gasteiger partial charge in [0, 0.05) is 23.3 Å². The van der Waals surface area contributed by atoms with Gasteiger partial charge in [0.1, 0.15) is 5.76 Å². The van der Waals surface area contributed by atoms with Crippen molar-refractivity contribution in [1.29, 1.82) is 0 Å². The van der Waals surface area contributed by atoms with E-state index in [0.29, 0.717) is 5.76 Å². The van der Waals surface area contributed by atoms with Crippen LogP contribution >= 0.6 is 0 Å². The average molecular weight is 344 g/mol. The highest BCUT2D eigenvalue weighted by atomic mass is 16.4. The van der Waals surface area contributed by atoms with Gasteiger partial charge in [-0.15, -0.1) is 0 Å². The van der Waals surface area contributed by atoms with Gasteiger partial charge in [-0.1, -0.05) is 42.5 Å². The number of carbonyl (C=O) groups is 1. The third-order valence-corrected chi connectivity index (χ3v) is 4.15. The number of amides is 1. The molecule has 0 fully saturated rings. The van der Waals surface area contributed by atoms with Crippen molar-refractivity contribution in [3.8, 4) is 0 Å². The standard InChI is InChI=1S/C21H16N2O3/c24-20-10-3-4-13-23(20)14-16-11-12-19(26-16)21(25)22-18-9-5-7-15-6-1-2-8-17(15)18/h1-13H,14H2,(H,22,25). The molecular weight excluding hydrogens is 328 g/mol. The van der Waals surface area contributed by atoms with Crippen LogP contribution in [0.2, 0.25) is 0 Å². The van der Waals surface area contributed by atoms with E-state index in [1.807, 2.05) is 42.5 Å². The lowest BCUT2D eigenvalue weighted by atomic mass is 10.1. The number of pyridine rings is 1. The minimum absolute atomic E-state index is 0.120. The molecular formula is C21H16N2O3. The van der Waals surface area contributed by atoms with Crippen LogP contribution in [-0.2, 0) is 6.54 Å². The van der Waals surface area contributed by atoms with Crippen LogP contribution in [0.25, 0.3) is 10.8 Å². The van der Waals surface area contributed by atoms with Crippen LogP contribution in [0.4, 0.5) is 5.69 Å². The molecule has 26 heavy (non-hydrogen) atoms. The molecule has 0 saturated carbocycles. The molecule has 4 rings (SSSR count). The lowest BCUT2D eigenvalue weighted by molar-refractivity contribution is 0.0995. The first kappa shape index (κ1) is 15.9. The number of carbonyl (C=O) groups excluding carboxylic acids is 1. The van der Waals surface area contributed by atoms with Crippen molar-refractivity contribution in [3.63, 3.8) is 0 Å². The van der Waals surface area contributed by atoms with E-state index in [0.717, 1.165) is 16.5 Å². The Labute approximate surface area is 149 Å². The highest BCUT2D eigenvalue weighted by Gasteiger charge is 2.13. The molecule has 2 aromatic heterocycles. The first-order chi connectivity index (χ1) is 12.7. The first-order valence-electron chi connectivity index (χ1n) is 8.24. The molecule has 0 unspecified atom stereocenters. The summed E-state index contributed by atoms with van der Waals surface area (Å²) in [6.07, 6.45) is 1.68. The van der Waals surface area contributed by atoms with Gasteiger partial charge in [-0.3, -0.25) is 9.59 Å². The van der Waals surface area contributed by atoms with Gasteiger partial charge in [-0.05, 0) is 29.7 Å². The summed E-state index contributed by atoms with van der Waals surface area (Å²) >= 11 is 0. The molecule has 5 nitrogen and oxygen atoms in total. The zero-order valence-electron chi connectivity index (χ0n) is 13.9. The predicted molar refractivity (Wildman–Crippen MR) is 100 cm³/mol. The Balaban J connectivity index is 1.55. The summed E-state index contributed by atoms with van der Waals surface area (Å²) in [5.74, 6) is 0.422. The molecule has 0 spiro atoms. The van der Waals surface area contributed by atoms with Crippen LogP contribution in [0.5, 0.6) is 0 Å². The van der Waals surface area contributed by atoms with Gasteiger partial charge < -0.3 is 14.3 Å². The minimum Gasteiger partial charge on any atom is -0.454 e. The molecule has 0 saturated heterocycles. The maximum Gasteiger partial charge on any atom is 0.291 e. The minimum atomic E-state index is -0.326. The predicted octanol–water partition coefficient (Wildman–Crippen LogP) is 3.90. The van der Waals surface area contributed by atoms with E-state index in [-0.39, 0.29) is 23.8 Å². The number of rotatable bonds is 4. The summed E-state index contributed by atoms with van der Waals surface area (Å²) < 4.78 is 7.14. The summed E-state index contributed by atoms with van der Waals surface area (Å²) in [7, 11) is 0. The van der Waals surface area contributed by atoms with Gasteiger partial charge in [-0.2, -0.15) is 0 Å². The molecule has 0 bridgehead atoms. The van der Waals surface area contributed by atoms with E-state index in [4.69, 9.17) is 4.42 Å². The Hall–Kier alpha value is -3.60. The zero-order chi connectivity index (χ0) is 17.9. The second-order valence-corrected chi connectivity index (χ2v) is 5.91. The maximum atomic E-state index is 12.5. The third kappa shape index (κ3) is 3.15. The SMILES string of the molecule is O=C(Nc1cccc2ccccc12)c1ccc(Cn2ccccc2=O)o1. The smallest absolute Gasteiger partial charge is 0.291 e. The molecule has 0 aliphatic rings. The number of aromatic nitrogens is 1. The molecule has 2 heterocycles. The number of fused-ring (bicyclic) bond motifs is 1. The average Bonchev–Trinajstić information content (AvgIpc) is 3.13. The lowest BCUT2D eigenvalue weighted by Crippen LogP contribution is -2.18. The fraction of sp³-hybridized carbons (Fsp3) is 0.0476. The van der Waals surface area contributed by atoms with Crippen molar-refractivity contribution in [2.24, 2.45) is 0 Å². The number of nitrogens with one attached hydrogen (secondary N) is 1. The normalized spacial score (nSPS) is 10.8. The first-order valence-corrected chi connectivity index (χ1v) is 8.24. The lowest BCUT2D eigenvalue weighted by Gasteiger charge is -2.07. The summed E-state index contributed by atoms with van der Waals surface area (Å²) in [5, 5.41) is 4.90. The van der Waals surface area contributed by atoms with Crippen LogP contribution in [-0.4, -0.2) is 10.5 Å². The van der Waals surface area contributed by atoms with E-state index < -0.39 is 0 Å². The number of benzene rings is 2. The van der Waals surface area contributed by atoms with Crippen LogP contribution in [0.1, 0.15) is 16.3 Å². The van der Waals surface area contributed by atoms with E-state index in [2.05, 4.69) is 5.32 Å². The zero-order valence-corrected chi connectivity index (χ0v) is 13.9. The van der Waals surface area contributed by atoms with Gasteiger partial charge in [0.2, 0.25) is 0 Å². The van der Waals surface area contributed by atoms with Crippen LogP contribution in [0.15, 0.2) is 88.2 Å². The fourth-order valence-corrected chi connectivity index (χ4v) is 2.86. The Morgan fingerprint density at radius 3 is 2.62 bits per heavy atom. The van der Waals surface area contributed by atoms with Crippen molar-refractivity contribution in [1.82, 2.24) is 4.57 Å². The van der Waals surface area contributed by atoms with Crippen LogP contribution < -0.4 is 10.9 Å². The number of nitrogens with zero attached hydrogens (tertiary/aromatic N) is 1. The summed E-state index contributed by atoms with van der Waals surface area (Å²) in [6.45, 7) is 0.279. The third-order valence-electron chi connectivity index (χ3n) is 4.15. The molecule has 1 N–H and O–H groups in total. The Morgan fingerprint density at radius 1 is 0.923 bits per heavy atom. The summed E-state index contributed by atoms with van der Waals surface area (Å²) in [6, 6.07) is 21.8. The highest BCUT2D eigenvalue weighted by molar-refractivity contribution is 6.07. The molecule has 4 aromatic rings. The van der Waals surface area contributed by atoms with Crippen molar-refractivity contribution < 1.29 is 9.21 Å². The van der Waals surface area contributed by atoms with Crippen molar-refractivity contribution in [3.05, 3.63) is 101 Å². The number of hydrogen-bond donors (Lipinski definition) is 1. The summed E-state index contributed by atoms with van der Waals surface area (Å²) in [4.78, 5) is 24.3. The molecule has 128 valence electrons. The Kier molecular flexibility index (Phi) is 4.11. The molecule has 0 aliphatic carbocycles. The fourth-order valence-electron chi connectivity index (χ4n) is 2.86. The Morgan fingerprint density at radius 2 is 1.73 bits per heavy atom. The Bertz CT molecular complexity index is 1140. The number of hydrogen-bond acceptors (Lipinski definition) is 3. The maximum absolute atomic E-state index is 12.5. The highest BCUT2D eigenvalue weighted by Crippen LogP contribution is 2.23. The quantitative estimate of drug-likeness (QED) is 0.611. The molecule has 5 heteroatoms. The van der Waals surface area contributed by atoms with Gasteiger partial charge >= 0.3 is 0 Å². The number of furan rings is 1. The molecule has 0 aliphatic heterocycles. The summed E-state index contributed by atoms with van der Waals surface area (Å²) in [5.41, 5.74) is 0.607. The second-order valence-electron chi connectivity index (χ2n) is 5.91. The van der Waals surface area contributed by atoms with Crippen molar-refractivity contribution >= 4 is 22.4 Å². The van der Waals surface area contributed by atoms with Gasteiger partial charge in [0.25, 0.3) is 11.5 Å².